The minimum atomic E-state index is 0.652. The number of rotatable bonds is 5. The van der Waals surface area contributed by atoms with Crippen LogP contribution >= 0.6 is 0 Å². The Hall–Kier alpha value is -1.80. The first-order valence-corrected chi connectivity index (χ1v) is 7.01. The lowest BCUT2D eigenvalue weighted by Gasteiger charge is -2.11. The first-order valence-electron chi connectivity index (χ1n) is 7.01. The van der Waals surface area contributed by atoms with Gasteiger partial charge in [-0.2, -0.15) is 0 Å². The van der Waals surface area contributed by atoms with E-state index >= 15 is 0 Å². The van der Waals surface area contributed by atoms with Crippen molar-refractivity contribution in [2.24, 2.45) is 0 Å². The first kappa shape index (κ1) is 12.2. The van der Waals surface area contributed by atoms with Crippen molar-refractivity contribution < 1.29 is 0 Å². The molecule has 0 bridgehead atoms. The molecule has 2 aromatic rings. The molecule has 1 aliphatic heterocycles. The fourth-order valence-electron chi connectivity index (χ4n) is 2.72. The molecule has 0 spiro atoms. The molecule has 2 N–H and O–H groups in total. The normalized spacial score (nSPS) is 16.9. The van der Waals surface area contributed by atoms with Gasteiger partial charge in [-0.05, 0) is 30.2 Å². The van der Waals surface area contributed by atoms with Crippen molar-refractivity contribution in [3.8, 4) is 0 Å². The molecular formula is C17H20N2. The second-order valence-corrected chi connectivity index (χ2v) is 5.12. The number of fused-ring (bicyclic) bond motifs is 1. The standard InChI is InChI=1S/C17H20N2/c1-2-6-14(7-3-1)12-18-11-10-15-13-19-17-9-5-4-8-16(15)17/h1-9,15,18-19H,10-13H2. The number of hydrogen-bond acceptors (Lipinski definition) is 2. The molecule has 1 heterocycles. The Morgan fingerprint density at radius 2 is 1.79 bits per heavy atom. The van der Waals surface area contributed by atoms with Crippen LogP contribution in [0.2, 0.25) is 0 Å². The van der Waals surface area contributed by atoms with Crippen LogP contribution in [0.15, 0.2) is 54.6 Å². The van der Waals surface area contributed by atoms with Crippen molar-refractivity contribution >= 4 is 5.69 Å². The summed E-state index contributed by atoms with van der Waals surface area (Å²) in [4.78, 5) is 0. The Balaban J connectivity index is 1.47. The molecule has 2 nitrogen and oxygen atoms in total. The van der Waals surface area contributed by atoms with E-state index in [2.05, 4.69) is 65.2 Å². The molecule has 2 heteroatoms. The van der Waals surface area contributed by atoms with Gasteiger partial charge in [-0.15, -0.1) is 0 Å². The van der Waals surface area contributed by atoms with Crippen LogP contribution in [-0.2, 0) is 6.54 Å². The van der Waals surface area contributed by atoms with Crippen LogP contribution in [0.4, 0.5) is 5.69 Å². The van der Waals surface area contributed by atoms with Gasteiger partial charge in [0.2, 0.25) is 0 Å². The summed E-state index contributed by atoms with van der Waals surface area (Å²) in [6, 6.07) is 19.2. The van der Waals surface area contributed by atoms with Crippen molar-refractivity contribution in [3.05, 3.63) is 65.7 Å². The zero-order chi connectivity index (χ0) is 12.9. The lowest BCUT2D eigenvalue weighted by molar-refractivity contribution is 0.593. The quantitative estimate of drug-likeness (QED) is 0.797. The smallest absolute Gasteiger partial charge is 0.0376 e. The van der Waals surface area contributed by atoms with Gasteiger partial charge >= 0.3 is 0 Å². The highest BCUT2D eigenvalue weighted by molar-refractivity contribution is 5.57. The topological polar surface area (TPSA) is 24.1 Å². The Labute approximate surface area is 114 Å². The summed E-state index contributed by atoms with van der Waals surface area (Å²) in [5, 5.41) is 7.01. The molecule has 0 radical (unpaired) electrons. The molecule has 0 aliphatic carbocycles. The Bertz CT molecular complexity index is 522. The van der Waals surface area contributed by atoms with Gasteiger partial charge < -0.3 is 10.6 Å². The lowest BCUT2D eigenvalue weighted by atomic mass is 9.98. The number of nitrogens with one attached hydrogen (secondary N) is 2. The third-order valence-electron chi connectivity index (χ3n) is 3.78. The van der Waals surface area contributed by atoms with Crippen molar-refractivity contribution in [2.75, 3.05) is 18.4 Å². The maximum absolute atomic E-state index is 3.53. The molecular weight excluding hydrogens is 232 g/mol. The highest BCUT2D eigenvalue weighted by atomic mass is 14.9. The predicted octanol–water partition coefficient (Wildman–Crippen LogP) is 3.38. The summed E-state index contributed by atoms with van der Waals surface area (Å²) in [7, 11) is 0. The van der Waals surface area contributed by atoms with Crippen molar-refractivity contribution in [1.29, 1.82) is 0 Å². The number of benzene rings is 2. The zero-order valence-electron chi connectivity index (χ0n) is 11.1. The van der Waals surface area contributed by atoms with Crippen LogP contribution in [0.5, 0.6) is 0 Å². The third kappa shape index (κ3) is 2.96. The fraction of sp³-hybridized carbons (Fsp3) is 0.294. The average molecular weight is 252 g/mol. The predicted molar refractivity (Wildman–Crippen MR) is 80.4 cm³/mol. The van der Waals surface area contributed by atoms with E-state index in [9.17, 15) is 0 Å². The van der Waals surface area contributed by atoms with Gasteiger partial charge in [-0.25, -0.2) is 0 Å². The molecule has 1 aliphatic rings. The summed E-state index contributed by atoms with van der Waals surface area (Å²) < 4.78 is 0. The summed E-state index contributed by atoms with van der Waals surface area (Å²) in [5.41, 5.74) is 4.15. The van der Waals surface area contributed by atoms with Crippen molar-refractivity contribution in [1.82, 2.24) is 5.32 Å². The molecule has 0 saturated carbocycles. The summed E-state index contributed by atoms with van der Waals surface area (Å²) in [6.45, 7) is 3.10. The van der Waals surface area contributed by atoms with E-state index in [1.54, 1.807) is 0 Å². The van der Waals surface area contributed by atoms with E-state index in [-0.39, 0.29) is 0 Å². The Morgan fingerprint density at radius 3 is 2.68 bits per heavy atom. The Morgan fingerprint density at radius 1 is 1.00 bits per heavy atom. The Kier molecular flexibility index (Phi) is 3.80. The molecule has 0 amide bonds. The second kappa shape index (κ2) is 5.89. The van der Waals surface area contributed by atoms with Gasteiger partial charge in [0, 0.05) is 24.7 Å². The molecule has 19 heavy (non-hydrogen) atoms. The van der Waals surface area contributed by atoms with Gasteiger partial charge in [0.1, 0.15) is 0 Å². The van der Waals surface area contributed by atoms with Crippen LogP contribution in [0.1, 0.15) is 23.5 Å². The molecule has 0 saturated heterocycles. The maximum Gasteiger partial charge on any atom is 0.0376 e. The molecule has 0 aromatic heterocycles. The van der Waals surface area contributed by atoms with Crippen molar-refractivity contribution in [3.63, 3.8) is 0 Å². The summed E-state index contributed by atoms with van der Waals surface area (Å²) in [6.07, 6.45) is 1.19. The molecule has 2 aromatic carbocycles. The molecule has 3 rings (SSSR count). The largest absolute Gasteiger partial charge is 0.384 e. The van der Waals surface area contributed by atoms with Crippen LogP contribution in [0, 0.1) is 0 Å². The van der Waals surface area contributed by atoms with Gasteiger partial charge in [0.15, 0.2) is 0 Å². The minimum Gasteiger partial charge on any atom is -0.384 e. The maximum atomic E-state index is 3.53. The van der Waals surface area contributed by atoms with Gasteiger partial charge in [-0.1, -0.05) is 48.5 Å². The van der Waals surface area contributed by atoms with Crippen LogP contribution in [0.3, 0.4) is 0 Å². The SMILES string of the molecule is c1ccc(CNCCC2CNc3ccccc32)cc1. The van der Waals surface area contributed by atoms with Gasteiger partial charge in [0.05, 0.1) is 0 Å². The number of hydrogen-bond donors (Lipinski definition) is 2. The van der Waals surface area contributed by atoms with E-state index in [0.717, 1.165) is 19.6 Å². The third-order valence-corrected chi connectivity index (χ3v) is 3.78. The summed E-state index contributed by atoms with van der Waals surface area (Å²) >= 11 is 0. The molecule has 1 unspecified atom stereocenters. The molecule has 0 fully saturated rings. The second-order valence-electron chi connectivity index (χ2n) is 5.12. The lowest BCUT2D eigenvalue weighted by Crippen LogP contribution is -2.17. The van der Waals surface area contributed by atoms with Crippen LogP contribution in [0.25, 0.3) is 0 Å². The first-order chi connectivity index (χ1) is 9.43. The fourth-order valence-corrected chi connectivity index (χ4v) is 2.72. The van der Waals surface area contributed by atoms with E-state index < -0.39 is 0 Å². The van der Waals surface area contributed by atoms with Crippen molar-refractivity contribution in [2.45, 2.75) is 18.9 Å². The zero-order valence-corrected chi connectivity index (χ0v) is 11.1. The van der Waals surface area contributed by atoms with Crippen LogP contribution < -0.4 is 10.6 Å². The monoisotopic (exact) mass is 252 g/mol. The molecule has 1 atom stereocenters. The number of anilines is 1. The average Bonchev–Trinajstić information content (AvgIpc) is 2.88. The highest BCUT2D eigenvalue weighted by Crippen LogP contribution is 2.32. The molecule has 98 valence electrons. The minimum absolute atomic E-state index is 0.652. The van der Waals surface area contributed by atoms with Crippen LogP contribution in [-0.4, -0.2) is 13.1 Å². The summed E-state index contributed by atoms with van der Waals surface area (Å²) in [5.74, 6) is 0.652. The number of para-hydroxylation sites is 1. The van der Waals surface area contributed by atoms with E-state index in [1.807, 2.05) is 0 Å². The van der Waals surface area contributed by atoms with E-state index in [1.165, 1.54) is 23.2 Å². The van der Waals surface area contributed by atoms with Gasteiger partial charge in [0.25, 0.3) is 0 Å². The van der Waals surface area contributed by atoms with E-state index in [0.29, 0.717) is 5.92 Å². The highest BCUT2D eigenvalue weighted by Gasteiger charge is 2.20. The van der Waals surface area contributed by atoms with Gasteiger partial charge in [-0.3, -0.25) is 0 Å². The van der Waals surface area contributed by atoms with E-state index in [4.69, 9.17) is 0 Å².